The van der Waals surface area contributed by atoms with Crippen LogP contribution in [0.15, 0.2) is 34.8 Å². The third kappa shape index (κ3) is 3.62. The van der Waals surface area contributed by atoms with E-state index >= 15 is 0 Å². The number of halogens is 2. The maximum absolute atomic E-state index is 10.9. The summed E-state index contributed by atoms with van der Waals surface area (Å²) in [4.78, 5) is 10.4. The molecule has 19 heavy (non-hydrogen) atoms. The first-order valence-electron chi connectivity index (χ1n) is 5.11. The van der Waals surface area contributed by atoms with E-state index < -0.39 is 4.92 Å². The van der Waals surface area contributed by atoms with Gasteiger partial charge in [0.2, 0.25) is 0 Å². The molecule has 0 spiro atoms. The van der Waals surface area contributed by atoms with Gasteiger partial charge in [-0.1, -0.05) is 27.5 Å². The molecule has 0 saturated carbocycles. The molecule has 1 aromatic heterocycles. The second kappa shape index (κ2) is 5.94. The van der Waals surface area contributed by atoms with Gasteiger partial charge in [-0.3, -0.25) is 10.1 Å². The number of nitrogens with zero attached hydrogens (tertiary/aromatic N) is 3. The summed E-state index contributed by atoms with van der Waals surface area (Å²) >= 11 is 8.78. The highest BCUT2D eigenvalue weighted by Crippen LogP contribution is 2.30. The van der Waals surface area contributed by atoms with Gasteiger partial charge in [0.1, 0.15) is 12.3 Å². The van der Waals surface area contributed by atoms with Crippen LogP contribution in [0.2, 0.25) is 5.15 Å². The summed E-state index contributed by atoms with van der Waals surface area (Å²) in [5.74, 6) is 0.171. The van der Waals surface area contributed by atoms with Gasteiger partial charge in [0, 0.05) is 10.5 Å². The Morgan fingerprint density at radius 1 is 1.32 bits per heavy atom. The maximum Gasteiger partial charge on any atom is 0.312 e. The Hall–Kier alpha value is -1.73. The van der Waals surface area contributed by atoms with E-state index in [2.05, 4.69) is 26.1 Å². The smallest absolute Gasteiger partial charge is 0.312 e. The Labute approximate surface area is 121 Å². The van der Waals surface area contributed by atoms with Gasteiger partial charge >= 0.3 is 5.69 Å². The maximum atomic E-state index is 10.9. The molecule has 0 aliphatic carbocycles. The highest BCUT2D eigenvalue weighted by atomic mass is 79.9. The number of nitro groups is 1. The lowest BCUT2D eigenvalue weighted by atomic mass is 10.3. The average molecular weight is 345 g/mol. The molecule has 0 aliphatic heterocycles. The van der Waals surface area contributed by atoms with E-state index in [0.717, 1.165) is 0 Å². The normalized spacial score (nSPS) is 10.2. The molecular weight excluding hydrogens is 337 g/mol. The molecular formula is C11H7BrClN3O3. The lowest BCUT2D eigenvalue weighted by molar-refractivity contribution is -0.386. The van der Waals surface area contributed by atoms with Crippen LogP contribution in [0.4, 0.5) is 5.69 Å². The van der Waals surface area contributed by atoms with Gasteiger partial charge in [0.15, 0.2) is 10.9 Å². The Balaban J connectivity index is 2.15. The van der Waals surface area contributed by atoms with Crippen molar-refractivity contribution in [2.75, 3.05) is 0 Å². The average Bonchev–Trinajstić information content (AvgIpc) is 2.39. The molecule has 0 amide bonds. The van der Waals surface area contributed by atoms with Crippen LogP contribution in [0.5, 0.6) is 5.75 Å². The number of hydrogen-bond acceptors (Lipinski definition) is 5. The first-order chi connectivity index (χ1) is 9.06. The summed E-state index contributed by atoms with van der Waals surface area (Å²) < 4.78 is 5.98. The summed E-state index contributed by atoms with van der Waals surface area (Å²) in [5.41, 5.74) is 0.415. The molecule has 8 heteroatoms. The molecule has 6 nitrogen and oxygen atoms in total. The van der Waals surface area contributed by atoms with Crippen LogP contribution >= 0.6 is 27.5 Å². The van der Waals surface area contributed by atoms with E-state index in [9.17, 15) is 10.1 Å². The van der Waals surface area contributed by atoms with Gasteiger partial charge < -0.3 is 4.74 Å². The van der Waals surface area contributed by atoms with Gasteiger partial charge in [-0.2, -0.15) is 5.10 Å². The highest BCUT2D eigenvalue weighted by Gasteiger charge is 2.15. The van der Waals surface area contributed by atoms with Crippen LogP contribution in [0.25, 0.3) is 0 Å². The van der Waals surface area contributed by atoms with Crippen LogP contribution in [0, 0.1) is 10.1 Å². The minimum atomic E-state index is -0.506. The van der Waals surface area contributed by atoms with Crippen molar-refractivity contribution in [3.05, 3.63) is 55.8 Å². The van der Waals surface area contributed by atoms with E-state index in [4.69, 9.17) is 16.3 Å². The van der Waals surface area contributed by atoms with Crippen molar-refractivity contribution >= 4 is 33.2 Å². The van der Waals surface area contributed by atoms with Crippen LogP contribution in [-0.2, 0) is 6.61 Å². The van der Waals surface area contributed by atoms with Crippen molar-refractivity contribution in [3.8, 4) is 5.75 Å². The molecule has 0 N–H and O–H groups in total. The second-order valence-corrected chi connectivity index (χ2v) is 4.81. The summed E-state index contributed by atoms with van der Waals surface area (Å²) in [6, 6.07) is 7.77. The molecule has 0 aliphatic rings. The molecule has 0 bridgehead atoms. The third-order valence-corrected chi connectivity index (χ3v) is 2.88. The second-order valence-electron chi connectivity index (χ2n) is 3.51. The fraction of sp³-hybridized carbons (Fsp3) is 0.0909. The molecule has 98 valence electrons. The monoisotopic (exact) mass is 343 g/mol. The molecule has 2 rings (SSSR count). The number of aromatic nitrogens is 2. The van der Waals surface area contributed by atoms with Crippen molar-refractivity contribution in [3.63, 3.8) is 0 Å². The summed E-state index contributed by atoms with van der Waals surface area (Å²) in [5, 5.41) is 18.6. The van der Waals surface area contributed by atoms with E-state index in [1.54, 1.807) is 18.2 Å². The van der Waals surface area contributed by atoms with Crippen LogP contribution in [-0.4, -0.2) is 15.1 Å². The largest absolute Gasteiger partial charge is 0.480 e. The van der Waals surface area contributed by atoms with Crippen molar-refractivity contribution in [1.82, 2.24) is 10.2 Å². The lowest BCUT2D eigenvalue weighted by Gasteiger charge is -2.06. The number of benzene rings is 1. The van der Waals surface area contributed by atoms with E-state index in [-0.39, 0.29) is 23.2 Å². The van der Waals surface area contributed by atoms with Gasteiger partial charge in [-0.15, -0.1) is 5.10 Å². The summed E-state index contributed by atoms with van der Waals surface area (Å²) in [6.07, 6.45) is 0. The Morgan fingerprint density at radius 3 is 2.74 bits per heavy atom. The molecule has 0 unspecified atom stereocenters. The topological polar surface area (TPSA) is 78.2 Å². The van der Waals surface area contributed by atoms with Crippen LogP contribution in [0.1, 0.15) is 5.69 Å². The molecule has 0 saturated heterocycles. The number of ether oxygens (including phenoxy) is 1. The minimum absolute atomic E-state index is 0.0760. The first kappa shape index (κ1) is 13.7. The van der Waals surface area contributed by atoms with Crippen LogP contribution < -0.4 is 4.74 Å². The molecule has 0 atom stereocenters. The fourth-order valence-electron chi connectivity index (χ4n) is 1.33. The van der Waals surface area contributed by atoms with Gasteiger partial charge in [0.05, 0.1) is 4.92 Å². The molecule has 2 aromatic rings. The number of nitro benzene ring substituents is 1. The lowest BCUT2D eigenvalue weighted by Crippen LogP contribution is -2.01. The van der Waals surface area contributed by atoms with Gasteiger partial charge in [0.25, 0.3) is 0 Å². The minimum Gasteiger partial charge on any atom is -0.480 e. The van der Waals surface area contributed by atoms with Gasteiger partial charge in [-0.25, -0.2) is 0 Å². The summed E-state index contributed by atoms with van der Waals surface area (Å²) in [7, 11) is 0. The van der Waals surface area contributed by atoms with Crippen molar-refractivity contribution in [2.24, 2.45) is 0 Å². The Kier molecular flexibility index (Phi) is 4.28. The zero-order chi connectivity index (χ0) is 13.8. The Morgan fingerprint density at radius 2 is 2.11 bits per heavy atom. The number of hydrogen-bond donors (Lipinski definition) is 0. The SMILES string of the molecule is O=[N+]([O-])c1cc(Br)ccc1OCc1ccc(Cl)nn1. The molecule has 1 heterocycles. The van der Waals surface area contributed by atoms with E-state index in [0.29, 0.717) is 10.2 Å². The van der Waals surface area contributed by atoms with Crippen LogP contribution in [0.3, 0.4) is 0 Å². The van der Waals surface area contributed by atoms with E-state index in [1.807, 2.05) is 0 Å². The quantitative estimate of drug-likeness (QED) is 0.627. The van der Waals surface area contributed by atoms with Crippen molar-refractivity contribution in [1.29, 1.82) is 0 Å². The Bertz CT molecular complexity index is 607. The van der Waals surface area contributed by atoms with Gasteiger partial charge in [-0.05, 0) is 24.3 Å². The van der Waals surface area contributed by atoms with Crippen molar-refractivity contribution in [2.45, 2.75) is 6.61 Å². The molecule has 0 fully saturated rings. The highest BCUT2D eigenvalue weighted by molar-refractivity contribution is 9.10. The predicted molar refractivity (Wildman–Crippen MR) is 72.2 cm³/mol. The number of rotatable bonds is 4. The zero-order valence-corrected chi connectivity index (χ0v) is 11.8. The van der Waals surface area contributed by atoms with Crippen molar-refractivity contribution < 1.29 is 9.66 Å². The fourth-order valence-corrected chi connectivity index (χ4v) is 1.78. The molecule has 0 radical (unpaired) electrons. The van der Waals surface area contributed by atoms with E-state index in [1.165, 1.54) is 12.1 Å². The molecule has 1 aromatic carbocycles. The third-order valence-electron chi connectivity index (χ3n) is 2.18. The first-order valence-corrected chi connectivity index (χ1v) is 6.28. The summed E-state index contributed by atoms with van der Waals surface area (Å²) in [6.45, 7) is 0.0760. The standard InChI is InChI=1S/C11H7BrClN3O3/c12-7-1-3-10(9(5-7)16(17)18)19-6-8-2-4-11(13)15-14-8/h1-5H,6H2. The zero-order valence-electron chi connectivity index (χ0n) is 9.42. The predicted octanol–water partition coefficient (Wildman–Crippen LogP) is 3.38.